The van der Waals surface area contributed by atoms with Gasteiger partial charge in [0.05, 0.1) is 0 Å². The Morgan fingerprint density at radius 3 is 1.75 bits per heavy atom. The van der Waals surface area contributed by atoms with Crippen molar-refractivity contribution in [2.75, 3.05) is 13.6 Å². The van der Waals surface area contributed by atoms with Crippen molar-refractivity contribution in [1.29, 1.82) is 0 Å². The van der Waals surface area contributed by atoms with Crippen LogP contribution in [0.5, 0.6) is 0 Å². The number of hydrogen-bond acceptors (Lipinski definition) is 2. The minimum absolute atomic E-state index is 0.208. The highest BCUT2D eigenvalue weighted by Crippen LogP contribution is 2.24. The molecule has 16 heavy (non-hydrogen) atoms. The molecule has 2 unspecified atom stereocenters. The molecule has 0 rings (SSSR count). The van der Waals surface area contributed by atoms with Crippen LogP contribution in [0.1, 0.15) is 55.4 Å². The third-order valence-electron chi connectivity index (χ3n) is 3.49. The van der Waals surface area contributed by atoms with Crippen LogP contribution in [0.3, 0.4) is 0 Å². The van der Waals surface area contributed by atoms with Crippen LogP contribution in [0, 0.1) is 5.41 Å². The molecule has 0 aromatic heterocycles. The molecule has 0 radical (unpaired) electrons. The minimum atomic E-state index is 0.208. The number of rotatable bonds is 4. The van der Waals surface area contributed by atoms with Gasteiger partial charge in [0.1, 0.15) is 0 Å². The van der Waals surface area contributed by atoms with Crippen molar-refractivity contribution >= 4 is 0 Å². The van der Waals surface area contributed by atoms with Crippen molar-refractivity contribution in [3.8, 4) is 0 Å². The summed E-state index contributed by atoms with van der Waals surface area (Å²) in [4.78, 5) is 2.47. The molecule has 2 heteroatoms. The summed E-state index contributed by atoms with van der Waals surface area (Å²) in [5, 5.41) is 3.57. The molecule has 98 valence electrons. The Balaban J connectivity index is 4.24. The van der Waals surface area contributed by atoms with Gasteiger partial charge in [0.15, 0.2) is 0 Å². The lowest BCUT2D eigenvalue weighted by atomic mass is 9.86. The van der Waals surface area contributed by atoms with Crippen molar-refractivity contribution in [2.24, 2.45) is 5.41 Å². The normalized spacial score (nSPS) is 17.6. The van der Waals surface area contributed by atoms with E-state index >= 15 is 0 Å². The van der Waals surface area contributed by atoms with Gasteiger partial charge in [-0.25, -0.2) is 0 Å². The summed E-state index contributed by atoms with van der Waals surface area (Å²) in [6.07, 6.45) is 0. The van der Waals surface area contributed by atoms with E-state index in [1.54, 1.807) is 0 Å². The van der Waals surface area contributed by atoms with Gasteiger partial charge in [0, 0.05) is 24.2 Å². The lowest BCUT2D eigenvalue weighted by Crippen LogP contribution is -2.50. The third-order valence-corrected chi connectivity index (χ3v) is 3.49. The Kier molecular flexibility index (Phi) is 5.48. The van der Waals surface area contributed by atoms with E-state index in [-0.39, 0.29) is 5.54 Å². The van der Waals surface area contributed by atoms with Gasteiger partial charge in [-0.2, -0.15) is 0 Å². The van der Waals surface area contributed by atoms with Crippen molar-refractivity contribution in [3.63, 3.8) is 0 Å². The van der Waals surface area contributed by atoms with Crippen LogP contribution in [0.15, 0.2) is 0 Å². The molecule has 0 spiro atoms. The Labute approximate surface area is 103 Å². The van der Waals surface area contributed by atoms with E-state index in [1.165, 1.54) is 0 Å². The molecular weight excluding hydrogens is 196 g/mol. The fourth-order valence-electron chi connectivity index (χ4n) is 1.59. The fraction of sp³-hybridized carbons (Fsp3) is 1.00. The zero-order chi connectivity index (χ0) is 13.1. The van der Waals surface area contributed by atoms with Crippen LogP contribution in [-0.2, 0) is 0 Å². The van der Waals surface area contributed by atoms with Gasteiger partial charge in [-0.3, -0.25) is 4.90 Å². The van der Waals surface area contributed by atoms with Crippen molar-refractivity contribution < 1.29 is 0 Å². The number of hydrogen-bond donors (Lipinski definition) is 1. The van der Waals surface area contributed by atoms with Gasteiger partial charge in [0.25, 0.3) is 0 Å². The number of nitrogens with zero attached hydrogens (tertiary/aromatic N) is 1. The average molecular weight is 228 g/mol. The standard InChI is InChI=1S/C14H32N2/c1-11(10-15-14(6,7)8)16(9)12(2)13(3,4)5/h11-12,15H,10H2,1-9H3. The summed E-state index contributed by atoms with van der Waals surface area (Å²) in [5.41, 5.74) is 0.546. The van der Waals surface area contributed by atoms with E-state index in [1.807, 2.05) is 0 Å². The topological polar surface area (TPSA) is 15.3 Å². The molecule has 0 bridgehead atoms. The predicted octanol–water partition coefficient (Wildman–Crippen LogP) is 3.13. The Morgan fingerprint density at radius 1 is 1.00 bits per heavy atom. The predicted molar refractivity (Wildman–Crippen MR) is 73.9 cm³/mol. The smallest absolute Gasteiger partial charge is 0.0192 e. The molecule has 1 N–H and O–H groups in total. The van der Waals surface area contributed by atoms with Gasteiger partial charge in [-0.05, 0) is 47.1 Å². The second-order valence-electron chi connectivity index (χ2n) is 7.19. The first-order valence-electron chi connectivity index (χ1n) is 6.42. The highest BCUT2D eigenvalue weighted by Gasteiger charge is 2.26. The molecule has 0 aromatic rings. The maximum Gasteiger partial charge on any atom is 0.0192 e. The molecule has 2 nitrogen and oxygen atoms in total. The monoisotopic (exact) mass is 228 g/mol. The van der Waals surface area contributed by atoms with Crippen LogP contribution in [0.25, 0.3) is 0 Å². The summed E-state index contributed by atoms with van der Waals surface area (Å²) in [7, 11) is 2.23. The third kappa shape index (κ3) is 5.86. The molecule has 0 saturated carbocycles. The van der Waals surface area contributed by atoms with E-state index in [2.05, 4.69) is 72.7 Å². The lowest BCUT2D eigenvalue weighted by Gasteiger charge is -2.39. The Morgan fingerprint density at radius 2 is 1.44 bits per heavy atom. The van der Waals surface area contributed by atoms with E-state index in [0.29, 0.717) is 17.5 Å². The Hall–Kier alpha value is -0.0800. The highest BCUT2D eigenvalue weighted by atomic mass is 15.2. The molecule has 0 heterocycles. The molecule has 0 aliphatic rings. The molecular formula is C14H32N2. The molecule has 2 atom stereocenters. The van der Waals surface area contributed by atoms with E-state index < -0.39 is 0 Å². The van der Waals surface area contributed by atoms with Gasteiger partial charge < -0.3 is 5.32 Å². The van der Waals surface area contributed by atoms with E-state index in [4.69, 9.17) is 0 Å². The summed E-state index contributed by atoms with van der Waals surface area (Å²) < 4.78 is 0. The summed E-state index contributed by atoms with van der Waals surface area (Å²) in [6.45, 7) is 19.2. The van der Waals surface area contributed by atoms with Gasteiger partial charge in [-0.15, -0.1) is 0 Å². The van der Waals surface area contributed by atoms with Gasteiger partial charge >= 0.3 is 0 Å². The molecule has 0 saturated heterocycles. The molecule has 0 fully saturated rings. The second kappa shape index (κ2) is 5.50. The van der Waals surface area contributed by atoms with Crippen LogP contribution in [0.2, 0.25) is 0 Å². The van der Waals surface area contributed by atoms with E-state index in [9.17, 15) is 0 Å². The zero-order valence-corrected chi connectivity index (χ0v) is 12.8. The summed E-state index contributed by atoms with van der Waals surface area (Å²) >= 11 is 0. The second-order valence-corrected chi connectivity index (χ2v) is 7.19. The molecule has 0 aliphatic heterocycles. The first-order chi connectivity index (χ1) is 6.95. The minimum Gasteiger partial charge on any atom is -0.311 e. The van der Waals surface area contributed by atoms with E-state index in [0.717, 1.165) is 6.54 Å². The maximum atomic E-state index is 3.57. The van der Waals surface area contributed by atoms with Gasteiger partial charge in [-0.1, -0.05) is 20.8 Å². The van der Waals surface area contributed by atoms with Crippen molar-refractivity contribution in [3.05, 3.63) is 0 Å². The van der Waals surface area contributed by atoms with Crippen LogP contribution in [0.4, 0.5) is 0 Å². The summed E-state index contributed by atoms with van der Waals surface area (Å²) in [6, 6.07) is 1.15. The van der Waals surface area contributed by atoms with Crippen molar-refractivity contribution in [1.82, 2.24) is 10.2 Å². The molecule has 0 aromatic carbocycles. The number of nitrogens with one attached hydrogen (secondary N) is 1. The average Bonchev–Trinajstić information content (AvgIpc) is 2.09. The first kappa shape index (κ1) is 15.9. The van der Waals surface area contributed by atoms with Crippen LogP contribution < -0.4 is 5.32 Å². The van der Waals surface area contributed by atoms with Crippen LogP contribution in [-0.4, -0.2) is 36.1 Å². The summed E-state index contributed by atoms with van der Waals surface area (Å²) in [5.74, 6) is 0. The quantitative estimate of drug-likeness (QED) is 0.795. The zero-order valence-electron chi connectivity index (χ0n) is 12.8. The number of likely N-dealkylation sites (N-methyl/N-ethyl adjacent to an activating group) is 1. The lowest BCUT2D eigenvalue weighted by molar-refractivity contribution is 0.101. The van der Waals surface area contributed by atoms with Crippen molar-refractivity contribution in [2.45, 2.75) is 73.0 Å². The van der Waals surface area contributed by atoms with Gasteiger partial charge in [0.2, 0.25) is 0 Å². The first-order valence-corrected chi connectivity index (χ1v) is 6.42. The maximum absolute atomic E-state index is 3.57. The fourth-order valence-corrected chi connectivity index (χ4v) is 1.59. The van der Waals surface area contributed by atoms with Crippen LogP contribution >= 0.6 is 0 Å². The molecule has 0 amide bonds. The Bertz CT molecular complexity index is 198. The molecule has 0 aliphatic carbocycles. The highest BCUT2D eigenvalue weighted by molar-refractivity contribution is 4.82. The largest absolute Gasteiger partial charge is 0.311 e. The SMILES string of the molecule is CC(CNC(C)(C)C)N(C)C(C)C(C)(C)C.